The molecule has 0 unspecified atom stereocenters. The summed E-state index contributed by atoms with van der Waals surface area (Å²) in [5.74, 6) is 0.175. The largest absolute Gasteiger partial charge is 0.342 e. The van der Waals surface area contributed by atoms with E-state index < -0.39 is 5.60 Å². The molecule has 0 N–H and O–H groups in total. The molecule has 1 amide bonds. The Morgan fingerprint density at radius 1 is 1.12 bits per heavy atom. The molecule has 1 aliphatic heterocycles. The Labute approximate surface area is 202 Å². The number of likely N-dealkylation sites (tertiary alicyclic amines) is 1. The lowest BCUT2D eigenvalue weighted by atomic mass is 9.91. The van der Waals surface area contributed by atoms with Crippen LogP contribution in [0, 0.1) is 13.8 Å². The smallest absolute Gasteiger partial charge is 0.261 e. The van der Waals surface area contributed by atoms with Crippen LogP contribution in [0.15, 0.2) is 53.6 Å². The van der Waals surface area contributed by atoms with Gasteiger partial charge >= 0.3 is 0 Å². The molecule has 3 aromatic rings. The van der Waals surface area contributed by atoms with Gasteiger partial charge in [-0.1, -0.05) is 35.9 Å². The number of nitrogens with zero attached hydrogens (tertiary/aromatic N) is 3. The van der Waals surface area contributed by atoms with Gasteiger partial charge in [0.2, 0.25) is 5.91 Å². The van der Waals surface area contributed by atoms with E-state index in [1.807, 2.05) is 59.1 Å². The molecule has 168 valence electrons. The van der Waals surface area contributed by atoms with Crippen LogP contribution in [-0.4, -0.2) is 39.0 Å². The molecule has 1 fully saturated rings. The fourth-order valence-electron chi connectivity index (χ4n) is 4.39. The molecule has 0 bridgehead atoms. The van der Waals surface area contributed by atoms with Gasteiger partial charge in [0, 0.05) is 19.5 Å². The molecule has 7 heteroatoms. The molecular weight excluding hydrogens is 517 g/mol. The molecule has 0 aliphatic carbocycles. The Balaban J connectivity index is 1.40. The van der Waals surface area contributed by atoms with Crippen molar-refractivity contribution in [2.24, 2.45) is 0 Å². The highest BCUT2D eigenvalue weighted by molar-refractivity contribution is 14.1. The molecule has 32 heavy (non-hydrogen) atoms. The van der Waals surface area contributed by atoms with Gasteiger partial charge in [-0.25, -0.2) is 4.98 Å². The molecule has 6 nitrogen and oxygen atoms in total. The molecule has 1 aliphatic rings. The van der Waals surface area contributed by atoms with Gasteiger partial charge in [0.25, 0.3) is 5.56 Å². The summed E-state index contributed by atoms with van der Waals surface area (Å²) in [5, 5.41) is 0.616. The number of rotatable bonds is 6. The topological polar surface area (TPSA) is 64.4 Å². The summed E-state index contributed by atoms with van der Waals surface area (Å²) < 4.78 is 7.53. The Bertz CT molecular complexity index is 1180. The van der Waals surface area contributed by atoms with E-state index >= 15 is 0 Å². The van der Waals surface area contributed by atoms with Gasteiger partial charge < -0.3 is 7.97 Å². The molecule has 1 aromatic heterocycles. The second-order valence-corrected chi connectivity index (χ2v) is 9.27. The lowest BCUT2D eigenvalue weighted by molar-refractivity contribution is -0.134. The predicted octanol–water partition coefficient (Wildman–Crippen LogP) is 4.37. The number of carbonyl (C=O) groups is 1. The first-order valence-corrected chi connectivity index (χ1v) is 11.9. The molecule has 0 saturated carbocycles. The minimum Gasteiger partial charge on any atom is -0.342 e. The highest BCUT2D eigenvalue weighted by Crippen LogP contribution is 2.31. The van der Waals surface area contributed by atoms with E-state index in [-0.39, 0.29) is 11.5 Å². The lowest BCUT2D eigenvalue weighted by Gasteiger charge is -2.40. The monoisotopic (exact) mass is 545 g/mol. The predicted molar refractivity (Wildman–Crippen MR) is 134 cm³/mol. The van der Waals surface area contributed by atoms with Crippen molar-refractivity contribution < 1.29 is 7.86 Å². The van der Waals surface area contributed by atoms with Gasteiger partial charge in [-0.2, -0.15) is 0 Å². The summed E-state index contributed by atoms with van der Waals surface area (Å²) in [6.07, 6.45) is 4.24. The number of piperidine rings is 1. The SMILES string of the molecule is Cc1cccc(CCC(=O)N2CCC(Cn3cnc4cc(C)ccc4c3=O)(OI)CC2)c1. The number of carbonyl (C=O) groups excluding carboxylic acids is 1. The Hall–Kier alpha value is -2.26. The summed E-state index contributed by atoms with van der Waals surface area (Å²) in [4.78, 5) is 32.1. The summed E-state index contributed by atoms with van der Waals surface area (Å²) >= 11 is 1.93. The van der Waals surface area contributed by atoms with E-state index in [2.05, 4.69) is 30.1 Å². The number of hydrogen-bond donors (Lipinski definition) is 0. The van der Waals surface area contributed by atoms with Crippen LogP contribution < -0.4 is 5.56 Å². The summed E-state index contributed by atoms with van der Waals surface area (Å²) in [6.45, 7) is 5.74. The summed E-state index contributed by atoms with van der Waals surface area (Å²) in [5.41, 5.74) is 3.65. The van der Waals surface area contributed by atoms with E-state index in [9.17, 15) is 9.59 Å². The first kappa shape index (κ1) is 22.9. The first-order valence-electron chi connectivity index (χ1n) is 11.0. The second-order valence-electron chi connectivity index (χ2n) is 8.83. The Morgan fingerprint density at radius 2 is 1.88 bits per heavy atom. The average molecular weight is 545 g/mol. The van der Waals surface area contributed by atoms with Crippen molar-refractivity contribution >= 4 is 39.8 Å². The molecule has 2 aromatic carbocycles. The van der Waals surface area contributed by atoms with Gasteiger partial charge in [-0.05, 0) is 56.4 Å². The maximum atomic E-state index is 13.0. The Kier molecular flexibility index (Phi) is 6.95. The minimum absolute atomic E-state index is 0.0560. The van der Waals surface area contributed by atoms with Crippen LogP contribution in [0.3, 0.4) is 0 Å². The fourth-order valence-corrected chi connectivity index (χ4v) is 4.97. The van der Waals surface area contributed by atoms with E-state index in [4.69, 9.17) is 3.07 Å². The van der Waals surface area contributed by atoms with E-state index in [1.165, 1.54) is 11.1 Å². The quantitative estimate of drug-likeness (QED) is 0.432. The van der Waals surface area contributed by atoms with Crippen molar-refractivity contribution in [2.45, 2.75) is 51.7 Å². The van der Waals surface area contributed by atoms with Crippen LogP contribution in [0.5, 0.6) is 0 Å². The fraction of sp³-hybridized carbons (Fsp3) is 0.400. The molecular formula is C25H28IN3O3. The van der Waals surface area contributed by atoms with Gasteiger partial charge in [0.1, 0.15) is 28.6 Å². The van der Waals surface area contributed by atoms with Crippen molar-refractivity contribution in [3.05, 3.63) is 75.8 Å². The van der Waals surface area contributed by atoms with E-state index in [1.54, 1.807) is 10.9 Å². The number of hydrogen-bond acceptors (Lipinski definition) is 4. The van der Waals surface area contributed by atoms with Gasteiger partial charge in [-0.15, -0.1) is 0 Å². The lowest BCUT2D eigenvalue weighted by Crippen LogP contribution is -2.50. The zero-order valence-electron chi connectivity index (χ0n) is 18.5. The molecule has 2 heterocycles. The summed E-state index contributed by atoms with van der Waals surface area (Å²) in [7, 11) is 0. The maximum absolute atomic E-state index is 13.0. The number of aryl methyl sites for hydroxylation is 3. The standard InChI is InChI=1S/C25H28IN3O3/c1-18-4-3-5-20(14-18)7-9-23(30)28-12-10-25(32-26,11-13-28)16-29-17-27-22-15-19(2)6-8-21(22)24(29)31/h3-6,8,14-15,17H,7,9-13,16H2,1-2H3. The van der Waals surface area contributed by atoms with Crippen molar-refractivity contribution in [3.8, 4) is 0 Å². The number of halogens is 1. The third-order valence-electron chi connectivity index (χ3n) is 6.34. The third kappa shape index (κ3) is 5.04. The van der Waals surface area contributed by atoms with E-state index in [0.717, 1.165) is 12.0 Å². The van der Waals surface area contributed by atoms with Crippen molar-refractivity contribution in [1.29, 1.82) is 0 Å². The van der Waals surface area contributed by atoms with Crippen molar-refractivity contribution in [1.82, 2.24) is 14.5 Å². The Morgan fingerprint density at radius 3 is 2.59 bits per heavy atom. The first-order chi connectivity index (χ1) is 15.4. The van der Waals surface area contributed by atoms with Crippen LogP contribution in [-0.2, 0) is 20.8 Å². The van der Waals surface area contributed by atoms with Crippen LogP contribution in [0.4, 0.5) is 0 Å². The van der Waals surface area contributed by atoms with E-state index in [0.29, 0.717) is 49.8 Å². The molecule has 4 rings (SSSR count). The molecule has 0 spiro atoms. The van der Waals surface area contributed by atoms with Gasteiger partial charge in [0.15, 0.2) is 0 Å². The minimum atomic E-state index is -0.488. The van der Waals surface area contributed by atoms with Crippen molar-refractivity contribution in [3.63, 3.8) is 0 Å². The average Bonchev–Trinajstić information content (AvgIpc) is 2.80. The van der Waals surface area contributed by atoms with Gasteiger partial charge in [-0.3, -0.25) is 14.2 Å². The van der Waals surface area contributed by atoms with Crippen molar-refractivity contribution in [2.75, 3.05) is 13.1 Å². The second kappa shape index (κ2) is 9.70. The summed E-state index contributed by atoms with van der Waals surface area (Å²) in [6, 6.07) is 14.0. The normalized spacial score (nSPS) is 15.8. The highest BCUT2D eigenvalue weighted by atomic mass is 127. The number of fused-ring (bicyclic) bond motifs is 1. The zero-order valence-corrected chi connectivity index (χ0v) is 20.7. The van der Waals surface area contributed by atoms with Crippen LogP contribution in [0.1, 0.15) is 36.0 Å². The molecule has 0 atom stereocenters. The maximum Gasteiger partial charge on any atom is 0.261 e. The number of amides is 1. The number of benzene rings is 2. The third-order valence-corrected chi connectivity index (χ3v) is 7.27. The zero-order chi connectivity index (χ0) is 22.7. The molecule has 1 saturated heterocycles. The van der Waals surface area contributed by atoms with Crippen LogP contribution in [0.25, 0.3) is 10.9 Å². The number of aromatic nitrogens is 2. The highest BCUT2D eigenvalue weighted by Gasteiger charge is 2.37. The van der Waals surface area contributed by atoms with Crippen LogP contribution >= 0.6 is 23.0 Å². The van der Waals surface area contributed by atoms with Crippen LogP contribution in [0.2, 0.25) is 0 Å². The van der Waals surface area contributed by atoms with Gasteiger partial charge in [0.05, 0.1) is 23.8 Å². The molecule has 0 radical (unpaired) electrons.